The summed E-state index contributed by atoms with van der Waals surface area (Å²) in [4.78, 5) is 5.42. The molecule has 0 amide bonds. The van der Waals surface area contributed by atoms with Gasteiger partial charge in [-0.25, -0.2) is 10.4 Å². The van der Waals surface area contributed by atoms with Gasteiger partial charge in [0, 0.05) is 11.1 Å². The standard InChI is InChI=1S/C13H17N3S/c1-3-10-4-6-11(7-5-10)13(16-14)12-8-15-9(2)17-12/h4-8,13,16H,3,14H2,1-2H3. The number of rotatable bonds is 4. The molecule has 0 saturated heterocycles. The molecular weight excluding hydrogens is 230 g/mol. The fourth-order valence-electron chi connectivity index (χ4n) is 1.80. The van der Waals surface area contributed by atoms with Crippen LogP contribution in [0.4, 0.5) is 0 Å². The summed E-state index contributed by atoms with van der Waals surface area (Å²) >= 11 is 1.67. The molecule has 4 heteroatoms. The van der Waals surface area contributed by atoms with E-state index in [2.05, 4.69) is 41.6 Å². The molecule has 17 heavy (non-hydrogen) atoms. The Bertz CT molecular complexity index is 476. The van der Waals surface area contributed by atoms with Crippen molar-refractivity contribution in [1.82, 2.24) is 10.4 Å². The number of nitrogens with one attached hydrogen (secondary N) is 1. The topological polar surface area (TPSA) is 50.9 Å². The number of benzene rings is 1. The molecule has 0 fully saturated rings. The summed E-state index contributed by atoms with van der Waals surface area (Å²) in [5.41, 5.74) is 5.37. The van der Waals surface area contributed by atoms with Crippen molar-refractivity contribution in [3.05, 3.63) is 51.5 Å². The molecule has 2 rings (SSSR count). The van der Waals surface area contributed by atoms with E-state index in [1.54, 1.807) is 11.3 Å². The summed E-state index contributed by atoms with van der Waals surface area (Å²) in [6.07, 6.45) is 2.94. The van der Waals surface area contributed by atoms with Crippen molar-refractivity contribution in [2.45, 2.75) is 26.3 Å². The normalized spacial score (nSPS) is 12.6. The number of aryl methyl sites for hydroxylation is 2. The van der Waals surface area contributed by atoms with Crippen molar-refractivity contribution < 1.29 is 0 Å². The van der Waals surface area contributed by atoms with Gasteiger partial charge >= 0.3 is 0 Å². The van der Waals surface area contributed by atoms with E-state index in [-0.39, 0.29) is 6.04 Å². The Balaban J connectivity index is 2.28. The summed E-state index contributed by atoms with van der Waals surface area (Å²) in [5, 5.41) is 1.06. The van der Waals surface area contributed by atoms with Gasteiger partial charge in [0.1, 0.15) is 0 Å². The molecule has 1 aromatic carbocycles. The van der Waals surface area contributed by atoms with Gasteiger partial charge in [0.2, 0.25) is 0 Å². The molecule has 1 atom stereocenters. The number of hydrogen-bond acceptors (Lipinski definition) is 4. The highest BCUT2D eigenvalue weighted by Gasteiger charge is 2.14. The van der Waals surface area contributed by atoms with Crippen molar-refractivity contribution in [3.63, 3.8) is 0 Å². The Morgan fingerprint density at radius 1 is 1.35 bits per heavy atom. The minimum absolute atomic E-state index is 0.0344. The van der Waals surface area contributed by atoms with Crippen LogP contribution in [0.25, 0.3) is 0 Å². The Morgan fingerprint density at radius 3 is 2.53 bits per heavy atom. The first-order chi connectivity index (χ1) is 8.24. The monoisotopic (exact) mass is 247 g/mol. The molecule has 0 spiro atoms. The van der Waals surface area contributed by atoms with Crippen LogP contribution >= 0.6 is 11.3 Å². The largest absolute Gasteiger partial charge is 0.271 e. The quantitative estimate of drug-likeness (QED) is 0.645. The van der Waals surface area contributed by atoms with Crippen LogP contribution < -0.4 is 11.3 Å². The second kappa shape index (κ2) is 5.40. The van der Waals surface area contributed by atoms with E-state index in [0.717, 1.165) is 16.3 Å². The van der Waals surface area contributed by atoms with Crippen molar-refractivity contribution in [1.29, 1.82) is 0 Å². The van der Waals surface area contributed by atoms with Gasteiger partial charge < -0.3 is 0 Å². The SMILES string of the molecule is CCc1ccc(C(NN)c2cnc(C)s2)cc1. The number of thiazole rings is 1. The van der Waals surface area contributed by atoms with E-state index in [4.69, 9.17) is 5.84 Å². The van der Waals surface area contributed by atoms with Gasteiger partial charge in [0.05, 0.1) is 11.0 Å². The number of aromatic nitrogens is 1. The predicted octanol–water partition coefficient (Wildman–Crippen LogP) is 2.57. The molecule has 0 aliphatic heterocycles. The maximum absolute atomic E-state index is 5.65. The average molecular weight is 247 g/mol. The lowest BCUT2D eigenvalue weighted by Gasteiger charge is -2.14. The maximum Gasteiger partial charge on any atom is 0.0897 e. The first-order valence-electron chi connectivity index (χ1n) is 5.72. The number of hydrogen-bond donors (Lipinski definition) is 2. The summed E-state index contributed by atoms with van der Waals surface area (Å²) in [6.45, 7) is 4.15. The summed E-state index contributed by atoms with van der Waals surface area (Å²) in [5.74, 6) is 5.65. The van der Waals surface area contributed by atoms with Gasteiger partial charge in [-0.2, -0.15) is 0 Å². The van der Waals surface area contributed by atoms with Crippen LogP contribution in [-0.4, -0.2) is 4.98 Å². The third-order valence-corrected chi connectivity index (χ3v) is 3.79. The molecule has 1 heterocycles. The van der Waals surface area contributed by atoms with Crippen molar-refractivity contribution in [3.8, 4) is 0 Å². The molecular formula is C13H17N3S. The van der Waals surface area contributed by atoms with Gasteiger partial charge in [-0.15, -0.1) is 11.3 Å². The predicted molar refractivity (Wildman–Crippen MR) is 71.8 cm³/mol. The Morgan fingerprint density at radius 2 is 2.06 bits per heavy atom. The zero-order chi connectivity index (χ0) is 12.3. The zero-order valence-electron chi connectivity index (χ0n) is 10.1. The third kappa shape index (κ3) is 2.72. The van der Waals surface area contributed by atoms with Gasteiger partial charge in [-0.3, -0.25) is 5.84 Å². The van der Waals surface area contributed by atoms with Crippen LogP contribution in [0.2, 0.25) is 0 Å². The molecule has 90 valence electrons. The number of nitrogens with two attached hydrogens (primary N) is 1. The van der Waals surface area contributed by atoms with Crippen LogP contribution in [0.1, 0.15) is 34.0 Å². The Labute approximate surface area is 106 Å². The van der Waals surface area contributed by atoms with Gasteiger partial charge in [-0.05, 0) is 24.5 Å². The second-order valence-corrected chi connectivity index (χ2v) is 5.24. The van der Waals surface area contributed by atoms with Gasteiger partial charge in [0.25, 0.3) is 0 Å². The van der Waals surface area contributed by atoms with E-state index in [1.165, 1.54) is 11.1 Å². The van der Waals surface area contributed by atoms with Crippen molar-refractivity contribution in [2.24, 2.45) is 5.84 Å². The van der Waals surface area contributed by atoms with Crippen molar-refractivity contribution >= 4 is 11.3 Å². The van der Waals surface area contributed by atoms with Crippen LogP contribution in [-0.2, 0) is 6.42 Å². The highest BCUT2D eigenvalue weighted by atomic mass is 32.1. The summed E-state index contributed by atoms with van der Waals surface area (Å²) in [7, 11) is 0. The van der Waals surface area contributed by atoms with Gasteiger partial charge in [0.15, 0.2) is 0 Å². The molecule has 3 N–H and O–H groups in total. The third-order valence-electron chi connectivity index (χ3n) is 2.81. The van der Waals surface area contributed by atoms with E-state index >= 15 is 0 Å². The lowest BCUT2D eigenvalue weighted by atomic mass is 10.0. The maximum atomic E-state index is 5.65. The summed E-state index contributed by atoms with van der Waals surface area (Å²) < 4.78 is 0. The minimum atomic E-state index is 0.0344. The van der Waals surface area contributed by atoms with E-state index in [0.29, 0.717) is 0 Å². The molecule has 1 aromatic heterocycles. The fourth-order valence-corrected chi connectivity index (χ4v) is 2.67. The molecule has 0 radical (unpaired) electrons. The van der Waals surface area contributed by atoms with Crippen LogP contribution in [0.3, 0.4) is 0 Å². The molecule has 0 aliphatic carbocycles. The van der Waals surface area contributed by atoms with E-state index in [1.807, 2.05) is 13.1 Å². The first kappa shape index (κ1) is 12.2. The molecule has 0 bridgehead atoms. The lowest BCUT2D eigenvalue weighted by molar-refractivity contribution is 0.645. The van der Waals surface area contributed by atoms with Crippen molar-refractivity contribution in [2.75, 3.05) is 0 Å². The number of nitrogens with zero attached hydrogens (tertiary/aromatic N) is 1. The molecule has 3 nitrogen and oxygen atoms in total. The van der Waals surface area contributed by atoms with Crippen LogP contribution in [0.5, 0.6) is 0 Å². The Hall–Kier alpha value is -1.23. The molecule has 0 saturated carbocycles. The highest BCUT2D eigenvalue weighted by Crippen LogP contribution is 2.26. The molecule has 0 aliphatic rings. The minimum Gasteiger partial charge on any atom is -0.271 e. The molecule has 2 aromatic rings. The lowest BCUT2D eigenvalue weighted by Crippen LogP contribution is -2.28. The van der Waals surface area contributed by atoms with Gasteiger partial charge in [-0.1, -0.05) is 31.2 Å². The van der Waals surface area contributed by atoms with E-state index in [9.17, 15) is 0 Å². The van der Waals surface area contributed by atoms with Crippen LogP contribution in [0.15, 0.2) is 30.5 Å². The second-order valence-electron chi connectivity index (χ2n) is 3.98. The zero-order valence-corrected chi connectivity index (χ0v) is 10.9. The number of hydrazine groups is 1. The highest BCUT2D eigenvalue weighted by molar-refractivity contribution is 7.11. The Kier molecular flexibility index (Phi) is 3.89. The van der Waals surface area contributed by atoms with E-state index < -0.39 is 0 Å². The summed E-state index contributed by atoms with van der Waals surface area (Å²) in [6, 6.07) is 8.57. The first-order valence-corrected chi connectivity index (χ1v) is 6.53. The van der Waals surface area contributed by atoms with Crippen LogP contribution in [0, 0.1) is 6.92 Å². The molecule has 1 unspecified atom stereocenters. The smallest absolute Gasteiger partial charge is 0.0897 e. The average Bonchev–Trinajstić information content (AvgIpc) is 2.78. The fraction of sp³-hybridized carbons (Fsp3) is 0.308.